The first-order chi connectivity index (χ1) is 22.6. The van der Waals surface area contributed by atoms with Gasteiger partial charge < -0.3 is 19.9 Å². The first-order valence-corrected chi connectivity index (χ1v) is 17.3. The van der Waals surface area contributed by atoms with E-state index >= 15 is 0 Å². The molecular formula is C40H49NO6. The number of para-hydroxylation sites is 2. The number of benzene rings is 3. The van der Waals surface area contributed by atoms with Crippen LogP contribution in [-0.2, 0) is 31.0 Å². The van der Waals surface area contributed by atoms with Crippen molar-refractivity contribution in [3.63, 3.8) is 0 Å². The number of carboxylic acid groups (broad SMARTS) is 1. The smallest absolute Gasteiger partial charge is 0.306 e. The topological polar surface area (TPSA) is 102 Å². The van der Waals surface area contributed by atoms with Crippen LogP contribution in [0.5, 0.6) is 11.5 Å². The number of carbonyl (C=O) groups excluding carboxylic acids is 2. The highest BCUT2D eigenvalue weighted by molar-refractivity contribution is 5.93. The maximum absolute atomic E-state index is 13.8. The Morgan fingerprint density at radius 1 is 0.894 bits per heavy atom. The number of rotatable bonds is 12. The summed E-state index contributed by atoms with van der Waals surface area (Å²) in [5, 5.41) is 12.3. The van der Waals surface area contributed by atoms with E-state index in [9.17, 15) is 14.4 Å². The molecule has 7 nitrogen and oxygen atoms in total. The highest BCUT2D eigenvalue weighted by Crippen LogP contribution is 2.45. The number of ether oxygens (including phenoxy) is 2. The summed E-state index contributed by atoms with van der Waals surface area (Å²) in [6.45, 7) is 6.42. The zero-order chi connectivity index (χ0) is 33.4. The average Bonchev–Trinajstić information content (AvgIpc) is 3.30. The predicted octanol–water partition coefficient (Wildman–Crippen LogP) is 9.32. The average molecular weight is 640 g/mol. The first-order valence-electron chi connectivity index (χ1n) is 17.3. The SMILES string of the molecule is CC(C)(C)c1ccc(CCC(CC2CCCCCC2)OC(=O)CCC(=O)O)cc1NC(=O)CC1c2ccccc2Oc2ccccc21. The number of amides is 1. The maximum Gasteiger partial charge on any atom is 0.306 e. The minimum absolute atomic E-state index is 0.0669. The Hall–Kier alpha value is -4.13. The number of carboxylic acids is 1. The summed E-state index contributed by atoms with van der Waals surface area (Å²) < 4.78 is 12.0. The van der Waals surface area contributed by atoms with E-state index in [1.807, 2.05) is 48.5 Å². The molecule has 7 heteroatoms. The van der Waals surface area contributed by atoms with Gasteiger partial charge in [0, 0.05) is 29.2 Å². The third kappa shape index (κ3) is 9.46. The van der Waals surface area contributed by atoms with Gasteiger partial charge in [0.15, 0.2) is 0 Å². The minimum atomic E-state index is -0.999. The van der Waals surface area contributed by atoms with Crippen LogP contribution in [0.2, 0.25) is 0 Å². The van der Waals surface area contributed by atoms with Gasteiger partial charge in [0.2, 0.25) is 5.91 Å². The van der Waals surface area contributed by atoms with Gasteiger partial charge in [0.25, 0.3) is 0 Å². The number of aryl methyl sites for hydroxylation is 1. The second kappa shape index (κ2) is 15.6. The Morgan fingerprint density at radius 3 is 2.15 bits per heavy atom. The second-order valence-electron chi connectivity index (χ2n) is 14.3. The Balaban J connectivity index is 1.32. The van der Waals surface area contributed by atoms with Crippen molar-refractivity contribution in [1.82, 2.24) is 0 Å². The molecule has 47 heavy (non-hydrogen) atoms. The maximum atomic E-state index is 13.8. The molecule has 250 valence electrons. The van der Waals surface area contributed by atoms with Crippen molar-refractivity contribution in [2.75, 3.05) is 5.32 Å². The van der Waals surface area contributed by atoms with Gasteiger partial charge >= 0.3 is 11.9 Å². The van der Waals surface area contributed by atoms with Gasteiger partial charge in [-0.15, -0.1) is 0 Å². The monoisotopic (exact) mass is 639 g/mol. The fourth-order valence-corrected chi connectivity index (χ4v) is 7.10. The Labute approximate surface area is 279 Å². The molecule has 1 aliphatic heterocycles. The molecule has 3 aromatic carbocycles. The van der Waals surface area contributed by atoms with Crippen LogP contribution in [0, 0.1) is 5.92 Å². The molecule has 1 aliphatic carbocycles. The molecule has 1 unspecified atom stereocenters. The molecule has 0 saturated heterocycles. The summed E-state index contributed by atoms with van der Waals surface area (Å²) in [6.07, 6.45) is 8.98. The van der Waals surface area contributed by atoms with E-state index < -0.39 is 11.9 Å². The zero-order valence-corrected chi connectivity index (χ0v) is 28.1. The molecular weight excluding hydrogens is 590 g/mol. The summed E-state index contributed by atoms with van der Waals surface area (Å²) in [4.78, 5) is 37.4. The molecule has 1 atom stereocenters. The lowest BCUT2D eigenvalue weighted by molar-refractivity contribution is -0.153. The fraction of sp³-hybridized carbons (Fsp3) is 0.475. The predicted molar refractivity (Wildman–Crippen MR) is 184 cm³/mol. The molecule has 0 bridgehead atoms. The van der Waals surface area contributed by atoms with Gasteiger partial charge in [-0.2, -0.15) is 0 Å². The quantitative estimate of drug-likeness (QED) is 0.151. The number of fused-ring (bicyclic) bond motifs is 2. The normalized spacial score (nSPS) is 15.8. The molecule has 1 fully saturated rings. The van der Waals surface area contributed by atoms with Gasteiger partial charge in [-0.1, -0.05) is 108 Å². The Morgan fingerprint density at radius 2 is 1.53 bits per heavy atom. The van der Waals surface area contributed by atoms with Crippen molar-refractivity contribution in [2.24, 2.45) is 5.92 Å². The molecule has 0 spiro atoms. The van der Waals surface area contributed by atoms with E-state index in [1.54, 1.807) is 0 Å². The molecule has 0 aromatic heterocycles. The van der Waals surface area contributed by atoms with E-state index in [0.29, 0.717) is 18.8 Å². The summed E-state index contributed by atoms with van der Waals surface area (Å²) in [6, 6.07) is 22.1. The Bertz CT molecular complexity index is 1500. The van der Waals surface area contributed by atoms with Gasteiger partial charge in [-0.25, -0.2) is 0 Å². The van der Waals surface area contributed by atoms with Crippen LogP contribution in [0.15, 0.2) is 66.7 Å². The first kappa shape index (κ1) is 34.2. The largest absolute Gasteiger partial charge is 0.481 e. The van der Waals surface area contributed by atoms with E-state index in [4.69, 9.17) is 14.6 Å². The minimum Gasteiger partial charge on any atom is -0.481 e. The highest BCUT2D eigenvalue weighted by atomic mass is 16.5. The van der Waals surface area contributed by atoms with E-state index in [-0.39, 0.29) is 42.6 Å². The Kier molecular flexibility index (Phi) is 11.4. The molecule has 1 heterocycles. The van der Waals surface area contributed by atoms with Gasteiger partial charge in [0.05, 0.1) is 12.8 Å². The number of carbonyl (C=O) groups is 3. The van der Waals surface area contributed by atoms with Crippen LogP contribution in [-0.4, -0.2) is 29.1 Å². The zero-order valence-electron chi connectivity index (χ0n) is 28.1. The number of esters is 1. The molecule has 1 amide bonds. The number of aliphatic carboxylic acids is 1. The molecule has 2 N–H and O–H groups in total. The lowest BCUT2D eigenvalue weighted by Crippen LogP contribution is -2.23. The van der Waals surface area contributed by atoms with E-state index in [1.165, 1.54) is 25.7 Å². The van der Waals surface area contributed by atoms with Crippen molar-refractivity contribution >= 4 is 23.5 Å². The van der Waals surface area contributed by atoms with Crippen LogP contribution in [0.3, 0.4) is 0 Å². The third-order valence-corrected chi connectivity index (χ3v) is 9.53. The van der Waals surface area contributed by atoms with Crippen LogP contribution in [0.4, 0.5) is 5.69 Å². The highest BCUT2D eigenvalue weighted by Gasteiger charge is 2.30. The summed E-state index contributed by atoms with van der Waals surface area (Å²) in [7, 11) is 0. The van der Waals surface area contributed by atoms with Crippen molar-refractivity contribution in [2.45, 2.75) is 115 Å². The van der Waals surface area contributed by atoms with E-state index in [2.05, 4.69) is 44.3 Å². The van der Waals surface area contributed by atoms with E-state index in [0.717, 1.165) is 58.7 Å². The van der Waals surface area contributed by atoms with Crippen molar-refractivity contribution in [3.05, 3.63) is 89.0 Å². The van der Waals surface area contributed by atoms with Crippen molar-refractivity contribution in [3.8, 4) is 11.5 Å². The molecule has 1 saturated carbocycles. The van der Waals surface area contributed by atoms with Crippen molar-refractivity contribution < 1.29 is 29.0 Å². The fourth-order valence-electron chi connectivity index (χ4n) is 7.10. The summed E-state index contributed by atoms with van der Waals surface area (Å²) in [5.74, 6) is 0.431. The van der Waals surface area contributed by atoms with Crippen LogP contribution < -0.4 is 10.1 Å². The number of hydrogen-bond acceptors (Lipinski definition) is 5. The van der Waals surface area contributed by atoms with Crippen LogP contribution in [0.1, 0.15) is 120 Å². The number of hydrogen-bond donors (Lipinski definition) is 2. The van der Waals surface area contributed by atoms with Gasteiger partial charge in [-0.3, -0.25) is 14.4 Å². The molecule has 0 radical (unpaired) electrons. The summed E-state index contributed by atoms with van der Waals surface area (Å²) in [5.41, 5.74) is 4.72. The molecule has 3 aromatic rings. The number of anilines is 1. The molecule has 5 rings (SSSR count). The van der Waals surface area contributed by atoms with Gasteiger partial charge in [-0.05, 0) is 59.9 Å². The number of nitrogens with one attached hydrogen (secondary N) is 1. The van der Waals surface area contributed by atoms with Crippen LogP contribution in [0.25, 0.3) is 0 Å². The third-order valence-electron chi connectivity index (χ3n) is 9.53. The second-order valence-corrected chi connectivity index (χ2v) is 14.3. The van der Waals surface area contributed by atoms with Crippen molar-refractivity contribution in [1.29, 1.82) is 0 Å². The lowest BCUT2D eigenvalue weighted by atomic mass is 9.84. The standard InChI is InChI=1S/C40H49NO6/c1-40(2,3)33-21-19-28(18-20-29(46-39(45)23-22-38(43)44)24-27-12-6-4-5-7-13-27)25-34(33)41-37(42)26-32-30-14-8-10-16-35(30)47-36-17-11-9-15-31(32)36/h8-11,14-17,19,21,25,27,29,32H,4-7,12-13,18,20,22-24,26H2,1-3H3,(H,41,42)(H,43,44). The summed E-state index contributed by atoms with van der Waals surface area (Å²) >= 11 is 0. The molecule has 2 aliphatic rings. The van der Waals surface area contributed by atoms with Gasteiger partial charge in [0.1, 0.15) is 17.6 Å². The van der Waals surface area contributed by atoms with Crippen LogP contribution >= 0.6 is 0 Å². The lowest BCUT2D eigenvalue weighted by Gasteiger charge is -2.28.